The minimum absolute atomic E-state index is 0.0216. The van der Waals surface area contributed by atoms with Gasteiger partial charge >= 0.3 is 0 Å². The molecule has 1 aromatic carbocycles. The van der Waals surface area contributed by atoms with Gasteiger partial charge < -0.3 is 5.32 Å². The van der Waals surface area contributed by atoms with Crippen LogP contribution in [0.3, 0.4) is 0 Å². The summed E-state index contributed by atoms with van der Waals surface area (Å²) in [5, 5.41) is 2.62. The third-order valence-electron chi connectivity index (χ3n) is 2.41. The first kappa shape index (κ1) is 10.3. The summed E-state index contributed by atoms with van der Waals surface area (Å²) < 4.78 is 0. The van der Waals surface area contributed by atoms with Gasteiger partial charge in [-0.15, -0.1) is 11.8 Å². The minimum Gasteiger partial charge on any atom is -0.356 e. The lowest BCUT2D eigenvalue weighted by atomic mass is 10.0. The molecule has 0 unspecified atom stereocenters. The second-order valence-corrected chi connectivity index (χ2v) is 4.52. The third-order valence-corrected chi connectivity index (χ3v) is 3.49. The van der Waals surface area contributed by atoms with E-state index in [-0.39, 0.29) is 5.91 Å². The fourth-order valence-electron chi connectivity index (χ4n) is 1.64. The Hall–Kier alpha value is -1.22. The van der Waals surface area contributed by atoms with Crippen LogP contribution in [0, 0.1) is 0 Å². The molecule has 0 aliphatic carbocycles. The van der Waals surface area contributed by atoms with Gasteiger partial charge in [0.05, 0.1) is 0 Å². The van der Waals surface area contributed by atoms with Gasteiger partial charge in [0.1, 0.15) is 0 Å². The van der Waals surface area contributed by atoms with Crippen LogP contribution in [-0.4, -0.2) is 18.7 Å². The maximum Gasteiger partial charge on any atom is 0.244 e. The number of benzene rings is 1. The summed E-state index contributed by atoms with van der Waals surface area (Å²) in [5.41, 5.74) is 2.35. The van der Waals surface area contributed by atoms with Crippen molar-refractivity contribution in [2.45, 2.75) is 11.3 Å². The molecule has 78 valence electrons. The Labute approximate surface area is 93.8 Å². The highest BCUT2D eigenvalue weighted by molar-refractivity contribution is 7.99. The normalized spacial score (nSPS) is 17.3. The van der Waals surface area contributed by atoms with E-state index in [0.29, 0.717) is 0 Å². The summed E-state index contributed by atoms with van der Waals surface area (Å²) >= 11 is 1.85. The Kier molecular flexibility index (Phi) is 3.11. The molecular weight excluding hydrogens is 206 g/mol. The quantitative estimate of drug-likeness (QED) is 0.734. The van der Waals surface area contributed by atoms with Gasteiger partial charge in [-0.1, -0.05) is 18.2 Å². The molecule has 1 amide bonds. The summed E-state index contributed by atoms with van der Waals surface area (Å²) in [7, 11) is 1.66. The number of carbonyl (C=O) groups excluding carboxylic acids is 1. The number of allylic oxidation sites excluding steroid dienone is 1. The molecule has 3 heteroatoms. The maximum absolute atomic E-state index is 11.3. The molecule has 1 aliphatic heterocycles. The average molecular weight is 219 g/mol. The smallest absolute Gasteiger partial charge is 0.244 e. The van der Waals surface area contributed by atoms with Gasteiger partial charge in [0.25, 0.3) is 0 Å². The Bertz CT molecular complexity index is 412. The first-order valence-corrected chi connectivity index (χ1v) is 5.94. The number of carbonyl (C=O) groups is 1. The Morgan fingerprint density at radius 2 is 2.27 bits per heavy atom. The molecule has 1 heterocycles. The van der Waals surface area contributed by atoms with Crippen LogP contribution in [-0.2, 0) is 4.79 Å². The number of amides is 1. The largest absolute Gasteiger partial charge is 0.356 e. The predicted octanol–water partition coefficient (Wildman–Crippen LogP) is 2.31. The first-order chi connectivity index (χ1) is 7.31. The summed E-state index contributed by atoms with van der Waals surface area (Å²) in [4.78, 5) is 12.6. The average Bonchev–Trinajstić information content (AvgIpc) is 2.29. The number of hydrogen-bond donors (Lipinski definition) is 1. The molecule has 2 rings (SSSR count). The summed E-state index contributed by atoms with van der Waals surface area (Å²) in [5.74, 6) is 1.03. The summed E-state index contributed by atoms with van der Waals surface area (Å²) in [6.45, 7) is 0. The van der Waals surface area contributed by atoms with Crippen molar-refractivity contribution in [1.29, 1.82) is 0 Å². The molecule has 0 fully saturated rings. The van der Waals surface area contributed by atoms with Crippen molar-refractivity contribution in [3.05, 3.63) is 35.9 Å². The van der Waals surface area contributed by atoms with Crippen LogP contribution in [0.15, 0.2) is 35.2 Å². The zero-order valence-electron chi connectivity index (χ0n) is 8.62. The monoisotopic (exact) mass is 219 g/mol. The van der Waals surface area contributed by atoms with Crippen LogP contribution >= 0.6 is 11.8 Å². The molecule has 0 bridgehead atoms. The summed E-state index contributed by atoms with van der Waals surface area (Å²) in [6.07, 6.45) is 2.67. The van der Waals surface area contributed by atoms with Crippen molar-refractivity contribution in [3.63, 3.8) is 0 Å². The zero-order valence-corrected chi connectivity index (χ0v) is 9.43. The van der Waals surface area contributed by atoms with Gasteiger partial charge in [0.2, 0.25) is 5.91 Å². The lowest BCUT2D eigenvalue weighted by Gasteiger charge is -2.17. The highest BCUT2D eigenvalue weighted by Crippen LogP contribution is 2.36. The van der Waals surface area contributed by atoms with Crippen molar-refractivity contribution in [2.75, 3.05) is 12.8 Å². The molecule has 1 aliphatic rings. The van der Waals surface area contributed by atoms with Gasteiger partial charge in [0.15, 0.2) is 0 Å². The Morgan fingerprint density at radius 1 is 1.47 bits per heavy atom. The zero-order chi connectivity index (χ0) is 10.7. The second-order valence-electron chi connectivity index (χ2n) is 3.38. The van der Waals surface area contributed by atoms with E-state index in [1.54, 1.807) is 13.1 Å². The fourth-order valence-corrected chi connectivity index (χ4v) is 2.72. The fraction of sp³-hybridized carbons (Fsp3) is 0.250. The van der Waals surface area contributed by atoms with Gasteiger partial charge in [0, 0.05) is 23.8 Å². The van der Waals surface area contributed by atoms with Gasteiger partial charge in [-0.05, 0) is 23.6 Å². The van der Waals surface area contributed by atoms with Crippen LogP contribution in [0.1, 0.15) is 12.0 Å². The number of thioether (sulfide) groups is 1. The van der Waals surface area contributed by atoms with E-state index < -0.39 is 0 Å². The molecule has 0 saturated heterocycles. The van der Waals surface area contributed by atoms with Crippen LogP contribution in [0.2, 0.25) is 0 Å². The van der Waals surface area contributed by atoms with E-state index >= 15 is 0 Å². The first-order valence-electron chi connectivity index (χ1n) is 4.96. The summed E-state index contributed by atoms with van der Waals surface area (Å²) in [6, 6.07) is 8.24. The van der Waals surface area contributed by atoms with Gasteiger partial charge in [-0.2, -0.15) is 0 Å². The van der Waals surface area contributed by atoms with Crippen LogP contribution < -0.4 is 5.32 Å². The SMILES string of the molecule is CNC(=O)C=C1CCSc2ccccc21. The number of likely N-dealkylation sites (N-methyl/N-ethyl adjacent to an activating group) is 1. The predicted molar refractivity (Wildman–Crippen MR) is 63.8 cm³/mol. The van der Waals surface area contributed by atoms with Crippen molar-refractivity contribution in [3.8, 4) is 0 Å². The third kappa shape index (κ3) is 2.23. The number of fused-ring (bicyclic) bond motifs is 1. The lowest BCUT2D eigenvalue weighted by molar-refractivity contribution is -0.116. The molecule has 0 atom stereocenters. The molecule has 15 heavy (non-hydrogen) atoms. The highest BCUT2D eigenvalue weighted by Gasteiger charge is 2.14. The van der Waals surface area contributed by atoms with E-state index in [2.05, 4.69) is 17.4 Å². The molecule has 1 N–H and O–H groups in total. The minimum atomic E-state index is -0.0216. The Morgan fingerprint density at radius 3 is 3.07 bits per heavy atom. The van der Waals surface area contributed by atoms with Gasteiger partial charge in [-0.3, -0.25) is 4.79 Å². The number of rotatable bonds is 1. The molecule has 1 aromatic rings. The van der Waals surface area contributed by atoms with Gasteiger partial charge in [-0.25, -0.2) is 0 Å². The molecule has 2 nitrogen and oxygen atoms in total. The molecule has 0 saturated carbocycles. The van der Waals surface area contributed by atoms with Crippen LogP contribution in [0.25, 0.3) is 5.57 Å². The van der Waals surface area contributed by atoms with E-state index in [1.165, 1.54) is 10.5 Å². The van der Waals surface area contributed by atoms with E-state index in [9.17, 15) is 4.79 Å². The van der Waals surface area contributed by atoms with E-state index in [0.717, 1.165) is 17.7 Å². The molecule has 0 aromatic heterocycles. The second kappa shape index (κ2) is 4.53. The Balaban J connectivity index is 2.37. The standard InChI is InChI=1S/C12H13NOS/c1-13-12(14)8-9-6-7-15-11-5-3-2-4-10(9)11/h2-5,8H,6-7H2,1H3,(H,13,14). The lowest BCUT2D eigenvalue weighted by Crippen LogP contribution is -2.15. The van der Waals surface area contributed by atoms with Crippen LogP contribution in [0.5, 0.6) is 0 Å². The molecule has 0 radical (unpaired) electrons. The van der Waals surface area contributed by atoms with Crippen molar-refractivity contribution >= 4 is 23.2 Å². The highest BCUT2D eigenvalue weighted by atomic mass is 32.2. The van der Waals surface area contributed by atoms with E-state index in [4.69, 9.17) is 0 Å². The number of hydrogen-bond acceptors (Lipinski definition) is 2. The number of nitrogens with one attached hydrogen (secondary N) is 1. The van der Waals surface area contributed by atoms with Crippen molar-refractivity contribution in [1.82, 2.24) is 5.32 Å². The van der Waals surface area contributed by atoms with E-state index in [1.807, 2.05) is 23.9 Å². The van der Waals surface area contributed by atoms with Crippen LogP contribution in [0.4, 0.5) is 0 Å². The van der Waals surface area contributed by atoms with Crippen molar-refractivity contribution < 1.29 is 4.79 Å². The molecule has 0 spiro atoms. The maximum atomic E-state index is 11.3. The molecular formula is C12H13NOS. The topological polar surface area (TPSA) is 29.1 Å². The van der Waals surface area contributed by atoms with Crippen molar-refractivity contribution in [2.24, 2.45) is 0 Å².